The Labute approximate surface area is 171 Å². The van der Waals surface area contributed by atoms with Crippen LogP contribution in [0.15, 0.2) is 66.7 Å². The first-order valence-corrected chi connectivity index (χ1v) is 9.79. The molecule has 5 heteroatoms. The minimum absolute atomic E-state index is 0.0725. The van der Waals surface area contributed by atoms with Crippen LogP contribution in [0.25, 0.3) is 0 Å². The van der Waals surface area contributed by atoms with Gasteiger partial charge in [0.2, 0.25) is 0 Å². The number of rotatable bonds is 6. The van der Waals surface area contributed by atoms with Crippen molar-refractivity contribution < 1.29 is 14.6 Å². The van der Waals surface area contributed by atoms with E-state index in [4.69, 9.17) is 9.47 Å². The van der Waals surface area contributed by atoms with Crippen LogP contribution < -0.4 is 20.3 Å². The predicted octanol–water partition coefficient (Wildman–Crippen LogP) is 4.22. The average molecular weight is 390 g/mol. The molecule has 0 saturated carbocycles. The van der Waals surface area contributed by atoms with Gasteiger partial charge in [0, 0.05) is 29.7 Å². The van der Waals surface area contributed by atoms with Crippen LogP contribution in [0.1, 0.15) is 34.2 Å². The summed E-state index contributed by atoms with van der Waals surface area (Å²) in [5.41, 5.74) is 10.8. The van der Waals surface area contributed by atoms with Crippen molar-refractivity contribution in [1.82, 2.24) is 10.9 Å². The molecule has 1 fully saturated rings. The Morgan fingerprint density at radius 3 is 2.59 bits per heavy atom. The first kappa shape index (κ1) is 19.3. The number of nitrogens with one attached hydrogen (secondary N) is 2. The smallest absolute Gasteiger partial charge is 0.124 e. The molecule has 0 aliphatic carbocycles. The fourth-order valence-electron chi connectivity index (χ4n) is 3.86. The Balaban J connectivity index is 1.53. The third kappa shape index (κ3) is 4.06. The van der Waals surface area contributed by atoms with Gasteiger partial charge in [-0.15, -0.1) is 0 Å². The average Bonchev–Trinajstić information content (AvgIpc) is 3.22. The molecular weight excluding hydrogens is 364 g/mol. The Hall–Kier alpha value is -3.02. The van der Waals surface area contributed by atoms with Gasteiger partial charge >= 0.3 is 0 Å². The van der Waals surface area contributed by atoms with E-state index in [1.54, 1.807) is 13.2 Å². The second kappa shape index (κ2) is 8.55. The van der Waals surface area contributed by atoms with Gasteiger partial charge in [-0.25, -0.2) is 5.43 Å². The highest BCUT2D eigenvalue weighted by molar-refractivity contribution is 5.46. The summed E-state index contributed by atoms with van der Waals surface area (Å²) in [6.45, 7) is 3.28. The van der Waals surface area contributed by atoms with Crippen LogP contribution in [0.3, 0.4) is 0 Å². The van der Waals surface area contributed by atoms with Crippen LogP contribution in [0.2, 0.25) is 0 Å². The topological polar surface area (TPSA) is 62.8 Å². The lowest BCUT2D eigenvalue weighted by Gasteiger charge is -2.22. The normalized spacial score (nSPS) is 18.6. The van der Waals surface area contributed by atoms with Crippen molar-refractivity contribution >= 4 is 0 Å². The maximum Gasteiger partial charge on any atom is 0.124 e. The zero-order valence-corrected chi connectivity index (χ0v) is 16.7. The highest BCUT2D eigenvalue weighted by Gasteiger charge is 2.33. The molecule has 0 radical (unpaired) electrons. The molecule has 2 unspecified atom stereocenters. The number of para-hydroxylation sites is 1. The van der Waals surface area contributed by atoms with E-state index >= 15 is 0 Å². The van der Waals surface area contributed by atoms with E-state index in [0.717, 1.165) is 29.0 Å². The van der Waals surface area contributed by atoms with Gasteiger partial charge in [-0.1, -0.05) is 48.5 Å². The molecule has 1 aliphatic rings. The molecule has 150 valence electrons. The number of hydrogen-bond acceptors (Lipinski definition) is 5. The number of hydrogen-bond donors (Lipinski definition) is 3. The molecule has 3 aromatic carbocycles. The highest BCUT2D eigenvalue weighted by Crippen LogP contribution is 2.41. The largest absolute Gasteiger partial charge is 0.507 e. The van der Waals surface area contributed by atoms with Crippen molar-refractivity contribution in [1.29, 1.82) is 0 Å². The number of methoxy groups -OCH3 is 1. The Kier molecular flexibility index (Phi) is 5.69. The zero-order valence-electron chi connectivity index (χ0n) is 16.7. The molecular formula is C24H26N2O3. The lowest BCUT2D eigenvalue weighted by atomic mass is 9.87. The molecule has 4 rings (SSSR count). The van der Waals surface area contributed by atoms with Crippen molar-refractivity contribution in [2.24, 2.45) is 0 Å². The number of benzene rings is 3. The van der Waals surface area contributed by atoms with E-state index in [1.165, 1.54) is 5.56 Å². The summed E-state index contributed by atoms with van der Waals surface area (Å²) in [4.78, 5) is 0. The van der Waals surface area contributed by atoms with Crippen LogP contribution in [0, 0.1) is 6.92 Å². The monoisotopic (exact) mass is 390 g/mol. The second-order valence-corrected chi connectivity index (χ2v) is 7.29. The summed E-state index contributed by atoms with van der Waals surface area (Å²) in [6.07, 6.45) is 0. The van der Waals surface area contributed by atoms with E-state index < -0.39 is 0 Å². The van der Waals surface area contributed by atoms with E-state index in [1.807, 2.05) is 42.5 Å². The van der Waals surface area contributed by atoms with E-state index in [9.17, 15) is 5.11 Å². The number of phenolic OH excluding ortho intramolecular Hbond substituents is 1. The molecule has 2 atom stereocenters. The molecule has 0 spiro atoms. The van der Waals surface area contributed by atoms with Gasteiger partial charge in [-0.3, -0.25) is 5.43 Å². The molecule has 1 aliphatic heterocycles. The van der Waals surface area contributed by atoms with E-state index in [0.29, 0.717) is 12.4 Å². The SMILES string of the molecule is COc1ccccc1C1CNNC1c1ccc(OCc2ccccc2C)cc1O. The van der Waals surface area contributed by atoms with Crippen LogP contribution in [0.5, 0.6) is 17.2 Å². The third-order valence-corrected chi connectivity index (χ3v) is 5.51. The summed E-state index contributed by atoms with van der Waals surface area (Å²) >= 11 is 0. The first-order valence-electron chi connectivity index (χ1n) is 9.79. The van der Waals surface area contributed by atoms with Crippen LogP contribution in [-0.4, -0.2) is 18.8 Å². The second-order valence-electron chi connectivity index (χ2n) is 7.29. The fourth-order valence-corrected chi connectivity index (χ4v) is 3.86. The quantitative estimate of drug-likeness (QED) is 0.588. The maximum absolute atomic E-state index is 10.7. The summed E-state index contributed by atoms with van der Waals surface area (Å²) in [7, 11) is 1.68. The Bertz CT molecular complexity index is 989. The van der Waals surface area contributed by atoms with Crippen molar-refractivity contribution in [3.8, 4) is 17.2 Å². The van der Waals surface area contributed by atoms with Gasteiger partial charge < -0.3 is 14.6 Å². The van der Waals surface area contributed by atoms with Crippen molar-refractivity contribution in [3.63, 3.8) is 0 Å². The minimum atomic E-state index is -0.0725. The molecule has 5 nitrogen and oxygen atoms in total. The van der Waals surface area contributed by atoms with Gasteiger partial charge in [-0.05, 0) is 30.2 Å². The summed E-state index contributed by atoms with van der Waals surface area (Å²) in [5, 5.41) is 10.7. The number of phenols is 1. The van der Waals surface area contributed by atoms with Gasteiger partial charge in [0.15, 0.2) is 0 Å². The highest BCUT2D eigenvalue weighted by atomic mass is 16.5. The van der Waals surface area contributed by atoms with Crippen molar-refractivity contribution in [2.45, 2.75) is 25.5 Å². The van der Waals surface area contributed by atoms with Gasteiger partial charge in [0.25, 0.3) is 0 Å². The molecule has 1 saturated heterocycles. The molecule has 1 heterocycles. The Morgan fingerprint density at radius 1 is 1.00 bits per heavy atom. The van der Waals surface area contributed by atoms with Gasteiger partial charge in [0.1, 0.15) is 23.9 Å². The minimum Gasteiger partial charge on any atom is -0.507 e. The number of hydrazine groups is 1. The molecule has 3 N–H and O–H groups in total. The lowest BCUT2D eigenvalue weighted by molar-refractivity contribution is 0.303. The number of aromatic hydroxyl groups is 1. The van der Waals surface area contributed by atoms with E-state index in [-0.39, 0.29) is 17.7 Å². The van der Waals surface area contributed by atoms with Crippen LogP contribution >= 0.6 is 0 Å². The molecule has 3 aromatic rings. The molecule has 0 amide bonds. The molecule has 0 aromatic heterocycles. The summed E-state index contributed by atoms with van der Waals surface area (Å²) in [5.74, 6) is 1.85. The van der Waals surface area contributed by atoms with Gasteiger partial charge in [0.05, 0.1) is 13.2 Å². The van der Waals surface area contributed by atoms with Crippen molar-refractivity contribution in [3.05, 3.63) is 89.0 Å². The molecule has 0 bridgehead atoms. The fraction of sp³-hybridized carbons (Fsp3) is 0.250. The third-order valence-electron chi connectivity index (χ3n) is 5.51. The Morgan fingerprint density at radius 2 is 1.79 bits per heavy atom. The number of ether oxygens (including phenoxy) is 2. The first-order chi connectivity index (χ1) is 14.2. The lowest BCUT2D eigenvalue weighted by Crippen LogP contribution is -2.25. The van der Waals surface area contributed by atoms with Crippen molar-refractivity contribution in [2.75, 3.05) is 13.7 Å². The van der Waals surface area contributed by atoms with E-state index in [2.05, 4.69) is 36.0 Å². The van der Waals surface area contributed by atoms with Gasteiger partial charge in [-0.2, -0.15) is 0 Å². The van der Waals surface area contributed by atoms with Crippen LogP contribution in [0.4, 0.5) is 0 Å². The summed E-state index contributed by atoms with van der Waals surface area (Å²) < 4.78 is 11.4. The zero-order chi connectivity index (χ0) is 20.2. The summed E-state index contributed by atoms with van der Waals surface area (Å²) in [6, 6.07) is 21.6. The maximum atomic E-state index is 10.7. The number of aryl methyl sites for hydroxylation is 1. The standard InChI is InChI=1S/C24H26N2O3/c1-16-7-3-4-8-17(16)15-29-18-11-12-20(22(27)13-18)24-21(14-25-26-24)19-9-5-6-10-23(19)28-2/h3-13,21,24-27H,14-15H2,1-2H3. The predicted molar refractivity (Wildman–Crippen MR) is 113 cm³/mol. The molecule has 29 heavy (non-hydrogen) atoms. The van der Waals surface area contributed by atoms with Crippen LogP contribution in [-0.2, 0) is 6.61 Å².